The van der Waals surface area contributed by atoms with Crippen molar-refractivity contribution in [3.8, 4) is 0 Å². The Kier molecular flexibility index (Phi) is 4.64. The average molecular weight is 339 g/mol. The number of aliphatic hydroxyl groups excluding tert-OH is 1. The van der Waals surface area contributed by atoms with Crippen LogP contribution in [0.4, 0.5) is 5.69 Å². The Bertz CT molecular complexity index is 462. The standard InChI is InChI=1S/C16H23BrN2O/c17-15-9-13(10-18-14-2-3-14)1-4-16(15)19-7-5-12(11-19)6-8-20/h1,4,9,12,14,18,20H,2-3,5-8,10-11H2. The Labute approximate surface area is 129 Å². The third-order valence-electron chi connectivity index (χ3n) is 4.35. The summed E-state index contributed by atoms with van der Waals surface area (Å²) in [6.07, 6.45) is 4.79. The van der Waals surface area contributed by atoms with Crippen molar-refractivity contribution in [2.75, 3.05) is 24.6 Å². The van der Waals surface area contributed by atoms with Crippen molar-refractivity contribution in [3.05, 3.63) is 28.2 Å². The van der Waals surface area contributed by atoms with Crippen LogP contribution in [-0.2, 0) is 6.54 Å². The highest BCUT2D eigenvalue weighted by Crippen LogP contribution is 2.32. The average Bonchev–Trinajstić information content (AvgIpc) is 3.16. The number of nitrogens with one attached hydrogen (secondary N) is 1. The van der Waals surface area contributed by atoms with Crippen molar-refractivity contribution in [1.82, 2.24) is 5.32 Å². The molecule has 1 heterocycles. The molecule has 20 heavy (non-hydrogen) atoms. The Morgan fingerprint density at radius 2 is 2.15 bits per heavy atom. The molecule has 1 saturated heterocycles. The highest BCUT2D eigenvalue weighted by Gasteiger charge is 2.24. The van der Waals surface area contributed by atoms with Gasteiger partial charge in [0.05, 0.1) is 5.69 Å². The first-order chi connectivity index (χ1) is 9.76. The lowest BCUT2D eigenvalue weighted by Gasteiger charge is -2.21. The van der Waals surface area contributed by atoms with Crippen molar-refractivity contribution in [1.29, 1.82) is 0 Å². The van der Waals surface area contributed by atoms with Crippen LogP contribution in [-0.4, -0.2) is 30.8 Å². The summed E-state index contributed by atoms with van der Waals surface area (Å²) in [5.74, 6) is 0.642. The van der Waals surface area contributed by atoms with E-state index < -0.39 is 0 Å². The maximum Gasteiger partial charge on any atom is 0.0510 e. The van der Waals surface area contributed by atoms with E-state index in [0.29, 0.717) is 12.5 Å². The van der Waals surface area contributed by atoms with E-state index in [9.17, 15) is 0 Å². The molecule has 3 nitrogen and oxygen atoms in total. The van der Waals surface area contributed by atoms with E-state index in [1.807, 2.05) is 0 Å². The fraction of sp³-hybridized carbons (Fsp3) is 0.625. The van der Waals surface area contributed by atoms with Crippen molar-refractivity contribution < 1.29 is 5.11 Å². The van der Waals surface area contributed by atoms with Gasteiger partial charge in [0.25, 0.3) is 0 Å². The van der Waals surface area contributed by atoms with Crippen LogP contribution in [0.1, 0.15) is 31.2 Å². The minimum atomic E-state index is 0.311. The highest BCUT2D eigenvalue weighted by molar-refractivity contribution is 9.10. The minimum absolute atomic E-state index is 0.311. The molecule has 2 aliphatic rings. The van der Waals surface area contributed by atoms with Gasteiger partial charge in [0.15, 0.2) is 0 Å². The predicted octanol–water partition coefficient (Wildman–Crippen LogP) is 2.91. The van der Waals surface area contributed by atoms with Crippen LogP contribution in [0, 0.1) is 5.92 Å². The molecule has 0 radical (unpaired) electrons. The van der Waals surface area contributed by atoms with Gasteiger partial charge in [-0.3, -0.25) is 0 Å². The Balaban J connectivity index is 1.61. The van der Waals surface area contributed by atoms with Gasteiger partial charge in [-0.2, -0.15) is 0 Å². The minimum Gasteiger partial charge on any atom is -0.396 e. The maximum absolute atomic E-state index is 9.05. The Morgan fingerprint density at radius 1 is 1.30 bits per heavy atom. The SMILES string of the molecule is OCCC1CCN(c2ccc(CNC3CC3)cc2Br)C1. The van der Waals surface area contributed by atoms with E-state index in [4.69, 9.17) is 5.11 Å². The summed E-state index contributed by atoms with van der Waals surface area (Å²) in [5, 5.41) is 12.6. The molecule has 1 unspecified atom stereocenters. The molecule has 1 aromatic carbocycles. The van der Waals surface area contributed by atoms with E-state index in [1.54, 1.807) is 0 Å². The molecule has 3 rings (SSSR count). The number of benzene rings is 1. The molecule has 0 aromatic heterocycles. The molecule has 2 fully saturated rings. The van der Waals surface area contributed by atoms with Crippen LogP contribution in [0.25, 0.3) is 0 Å². The van der Waals surface area contributed by atoms with Crippen molar-refractivity contribution in [2.24, 2.45) is 5.92 Å². The van der Waals surface area contributed by atoms with E-state index in [0.717, 1.165) is 32.1 Å². The quantitative estimate of drug-likeness (QED) is 0.837. The molecule has 110 valence electrons. The molecule has 4 heteroatoms. The number of hydrogen-bond donors (Lipinski definition) is 2. The predicted molar refractivity (Wildman–Crippen MR) is 86.0 cm³/mol. The fourth-order valence-corrected chi connectivity index (χ4v) is 3.61. The molecule has 1 aromatic rings. The van der Waals surface area contributed by atoms with Crippen LogP contribution >= 0.6 is 15.9 Å². The highest BCUT2D eigenvalue weighted by atomic mass is 79.9. The largest absolute Gasteiger partial charge is 0.396 e. The lowest BCUT2D eigenvalue weighted by Crippen LogP contribution is -2.20. The number of halogens is 1. The maximum atomic E-state index is 9.05. The zero-order valence-corrected chi connectivity index (χ0v) is 13.4. The summed E-state index contributed by atoms with van der Waals surface area (Å²) < 4.78 is 1.19. The van der Waals surface area contributed by atoms with Gasteiger partial charge in [0.1, 0.15) is 0 Å². The lowest BCUT2D eigenvalue weighted by atomic mass is 10.1. The van der Waals surface area contributed by atoms with Gasteiger partial charge < -0.3 is 15.3 Å². The summed E-state index contributed by atoms with van der Waals surface area (Å²) in [6, 6.07) is 7.46. The molecule has 1 aliphatic heterocycles. The van der Waals surface area contributed by atoms with Gasteiger partial charge in [0.2, 0.25) is 0 Å². The van der Waals surface area contributed by atoms with E-state index in [2.05, 4.69) is 44.3 Å². The third kappa shape index (κ3) is 3.54. The summed E-state index contributed by atoms with van der Waals surface area (Å²) in [5.41, 5.74) is 2.64. The molecule has 1 saturated carbocycles. The van der Waals surface area contributed by atoms with E-state index >= 15 is 0 Å². The van der Waals surface area contributed by atoms with Gasteiger partial charge >= 0.3 is 0 Å². The second-order valence-corrected chi connectivity index (χ2v) is 6.91. The molecule has 1 atom stereocenters. The van der Waals surface area contributed by atoms with E-state index in [-0.39, 0.29) is 0 Å². The number of anilines is 1. The first-order valence-electron chi connectivity index (χ1n) is 7.64. The second kappa shape index (κ2) is 6.46. The van der Waals surface area contributed by atoms with Crippen molar-refractivity contribution in [2.45, 2.75) is 38.3 Å². The molecule has 0 spiro atoms. The number of aliphatic hydroxyl groups is 1. The summed E-state index contributed by atoms with van der Waals surface area (Å²) >= 11 is 3.72. The van der Waals surface area contributed by atoms with Crippen LogP contribution in [0.5, 0.6) is 0 Å². The first kappa shape index (κ1) is 14.4. The zero-order chi connectivity index (χ0) is 13.9. The van der Waals surface area contributed by atoms with Crippen molar-refractivity contribution in [3.63, 3.8) is 0 Å². The van der Waals surface area contributed by atoms with Gasteiger partial charge in [-0.1, -0.05) is 6.07 Å². The van der Waals surface area contributed by atoms with Gasteiger partial charge in [-0.05, 0) is 65.2 Å². The van der Waals surface area contributed by atoms with Gasteiger partial charge in [0, 0.05) is 36.8 Å². The number of nitrogens with zero attached hydrogens (tertiary/aromatic N) is 1. The summed E-state index contributed by atoms with van der Waals surface area (Å²) in [4.78, 5) is 2.43. The number of hydrogen-bond acceptors (Lipinski definition) is 3. The third-order valence-corrected chi connectivity index (χ3v) is 4.98. The molecular formula is C16H23BrN2O. The molecular weight excluding hydrogens is 316 g/mol. The van der Waals surface area contributed by atoms with Crippen LogP contribution in [0.15, 0.2) is 22.7 Å². The molecule has 0 bridgehead atoms. The summed E-state index contributed by atoms with van der Waals surface area (Å²) in [7, 11) is 0. The smallest absolute Gasteiger partial charge is 0.0510 e. The van der Waals surface area contributed by atoms with Gasteiger partial charge in [-0.25, -0.2) is 0 Å². The normalized spacial score (nSPS) is 22.5. The monoisotopic (exact) mass is 338 g/mol. The lowest BCUT2D eigenvalue weighted by molar-refractivity contribution is 0.263. The van der Waals surface area contributed by atoms with Crippen LogP contribution in [0.2, 0.25) is 0 Å². The zero-order valence-electron chi connectivity index (χ0n) is 11.8. The van der Waals surface area contributed by atoms with Gasteiger partial charge in [-0.15, -0.1) is 0 Å². The van der Waals surface area contributed by atoms with Crippen molar-refractivity contribution >= 4 is 21.6 Å². The second-order valence-electron chi connectivity index (χ2n) is 6.05. The molecule has 2 N–H and O–H groups in total. The molecule has 0 amide bonds. The van der Waals surface area contributed by atoms with E-state index in [1.165, 1.54) is 35.0 Å². The fourth-order valence-electron chi connectivity index (χ4n) is 2.94. The Hall–Kier alpha value is -0.580. The topological polar surface area (TPSA) is 35.5 Å². The molecule has 1 aliphatic carbocycles. The number of rotatable bonds is 6. The summed E-state index contributed by atoms with van der Waals surface area (Å²) in [6.45, 7) is 3.45. The van der Waals surface area contributed by atoms with Crippen LogP contribution < -0.4 is 10.2 Å². The van der Waals surface area contributed by atoms with Crippen LogP contribution in [0.3, 0.4) is 0 Å². The Morgan fingerprint density at radius 3 is 2.85 bits per heavy atom. The first-order valence-corrected chi connectivity index (χ1v) is 8.43.